The molecule has 2 aromatic rings. The number of nitro groups is 1. The fraction of sp³-hybridized carbons (Fsp3) is 0.263. The van der Waals surface area contributed by atoms with Gasteiger partial charge in [0.05, 0.1) is 18.1 Å². The topological polar surface area (TPSA) is 64.4 Å². The van der Waals surface area contributed by atoms with Gasteiger partial charge in [-0.05, 0) is 54.7 Å². The molecule has 1 N–H and O–H groups in total. The molecule has 124 valence electrons. The van der Waals surface area contributed by atoms with Gasteiger partial charge in [-0.15, -0.1) is 0 Å². The van der Waals surface area contributed by atoms with Crippen molar-refractivity contribution in [2.45, 2.75) is 25.3 Å². The Morgan fingerprint density at radius 2 is 1.83 bits per heavy atom. The van der Waals surface area contributed by atoms with Gasteiger partial charge in [-0.25, -0.2) is 0 Å². The zero-order valence-corrected chi connectivity index (χ0v) is 13.6. The van der Waals surface area contributed by atoms with Crippen LogP contribution in [0.1, 0.15) is 24.8 Å². The average molecular weight is 324 g/mol. The molecule has 1 aliphatic rings. The van der Waals surface area contributed by atoms with Gasteiger partial charge >= 0.3 is 0 Å². The fourth-order valence-corrected chi connectivity index (χ4v) is 3.01. The van der Waals surface area contributed by atoms with Crippen LogP contribution < -0.4 is 10.1 Å². The highest BCUT2D eigenvalue weighted by Gasteiger charge is 2.19. The van der Waals surface area contributed by atoms with E-state index in [2.05, 4.69) is 23.5 Å². The first-order valence-electron chi connectivity index (χ1n) is 8.03. The van der Waals surface area contributed by atoms with Crippen molar-refractivity contribution in [2.75, 3.05) is 12.4 Å². The lowest BCUT2D eigenvalue weighted by Gasteiger charge is -2.27. The quantitative estimate of drug-likeness (QED) is 0.642. The molecule has 1 unspecified atom stereocenters. The van der Waals surface area contributed by atoms with Gasteiger partial charge < -0.3 is 10.1 Å². The third-order valence-electron chi connectivity index (χ3n) is 4.28. The largest absolute Gasteiger partial charge is 0.497 e. The van der Waals surface area contributed by atoms with Crippen LogP contribution in [0.5, 0.6) is 5.75 Å². The van der Waals surface area contributed by atoms with Crippen LogP contribution in [0.2, 0.25) is 0 Å². The summed E-state index contributed by atoms with van der Waals surface area (Å²) in [6.07, 6.45) is 5.51. The highest BCUT2D eigenvalue weighted by atomic mass is 16.6. The first-order valence-corrected chi connectivity index (χ1v) is 8.03. The molecule has 24 heavy (non-hydrogen) atoms. The summed E-state index contributed by atoms with van der Waals surface area (Å²) >= 11 is 0. The number of benzene rings is 2. The van der Waals surface area contributed by atoms with Gasteiger partial charge in [-0.3, -0.25) is 10.1 Å². The minimum absolute atomic E-state index is 0.107. The summed E-state index contributed by atoms with van der Waals surface area (Å²) < 4.78 is 5.22. The van der Waals surface area contributed by atoms with E-state index >= 15 is 0 Å². The van der Waals surface area contributed by atoms with Crippen LogP contribution in [-0.4, -0.2) is 18.1 Å². The second-order valence-corrected chi connectivity index (χ2v) is 5.82. The zero-order chi connectivity index (χ0) is 16.9. The molecule has 2 aromatic carbocycles. The Labute approximate surface area is 141 Å². The molecule has 0 spiro atoms. The van der Waals surface area contributed by atoms with E-state index in [0.29, 0.717) is 0 Å². The van der Waals surface area contributed by atoms with Crippen molar-refractivity contribution < 1.29 is 9.66 Å². The Morgan fingerprint density at radius 3 is 2.46 bits per heavy atom. The molecule has 0 aliphatic heterocycles. The van der Waals surface area contributed by atoms with Crippen molar-refractivity contribution in [3.63, 3.8) is 0 Å². The zero-order valence-electron chi connectivity index (χ0n) is 13.6. The molecule has 0 radical (unpaired) electrons. The summed E-state index contributed by atoms with van der Waals surface area (Å²) in [4.78, 5) is 10.4. The van der Waals surface area contributed by atoms with Crippen molar-refractivity contribution in [3.8, 4) is 5.75 Å². The number of ether oxygens (including phenoxy) is 1. The molecule has 0 heterocycles. The molecule has 3 rings (SSSR count). The van der Waals surface area contributed by atoms with E-state index < -0.39 is 0 Å². The SMILES string of the molecule is COc1ccc(C2=CCCCC2Nc2ccc([N+](=O)[O-])cc2)cc1. The maximum atomic E-state index is 10.8. The molecule has 1 aliphatic carbocycles. The van der Waals surface area contributed by atoms with Gasteiger partial charge in [0.25, 0.3) is 5.69 Å². The number of hydrogen-bond donors (Lipinski definition) is 1. The number of methoxy groups -OCH3 is 1. The lowest BCUT2D eigenvalue weighted by atomic mass is 9.89. The number of anilines is 1. The van der Waals surface area contributed by atoms with E-state index in [1.807, 2.05) is 12.1 Å². The van der Waals surface area contributed by atoms with Crippen molar-refractivity contribution in [2.24, 2.45) is 0 Å². The van der Waals surface area contributed by atoms with Crippen LogP contribution in [0.3, 0.4) is 0 Å². The smallest absolute Gasteiger partial charge is 0.269 e. The Balaban J connectivity index is 1.78. The van der Waals surface area contributed by atoms with Crippen molar-refractivity contribution in [1.82, 2.24) is 0 Å². The highest BCUT2D eigenvalue weighted by Crippen LogP contribution is 2.31. The predicted octanol–water partition coefficient (Wildman–Crippen LogP) is 4.65. The second-order valence-electron chi connectivity index (χ2n) is 5.82. The molecular weight excluding hydrogens is 304 g/mol. The molecule has 0 saturated heterocycles. The summed E-state index contributed by atoms with van der Waals surface area (Å²) in [5, 5.41) is 14.3. The van der Waals surface area contributed by atoms with Crippen LogP contribution in [0.25, 0.3) is 5.57 Å². The summed E-state index contributed by atoms with van der Waals surface area (Å²) in [6, 6.07) is 14.9. The molecule has 1 atom stereocenters. The Bertz CT molecular complexity index is 736. The second kappa shape index (κ2) is 7.17. The number of nitrogens with zero attached hydrogens (tertiary/aromatic N) is 1. The van der Waals surface area contributed by atoms with Gasteiger partial charge in [-0.1, -0.05) is 18.2 Å². The van der Waals surface area contributed by atoms with Crippen LogP contribution in [0.4, 0.5) is 11.4 Å². The number of nitrogens with one attached hydrogen (secondary N) is 1. The van der Waals surface area contributed by atoms with E-state index in [1.165, 1.54) is 23.3 Å². The summed E-state index contributed by atoms with van der Waals surface area (Å²) in [7, 11) is 1.66. The molecule has 5 nitrogen and oxygen atoms in total. The number of non-ortho nitro benzene ring substituents is 1. The minimum Gasteiger partial charge on any atom is -0.497 e. The van der Waals surface area contributed by atoms with Gasteiger partial charge in [-0.2, -0.15) is 0 Å². The Morgan fingerprint density at radius 1 is 1.12 bits per heavy atom. The number of rotatable bonds is 5. The lowest BCUT2D eigenvalue weighted by molar-refractivity contribution is -0.384. The molecule has 0 amide bonds. The van der Waals surface area contributed by atoms with Crippen LogP contribution >= 0.6 is 0 Å². The summed E-state index contributed by atoms with van der Waals surface area (Å²) in [6.45, 7) is 0. The van der Waals surface area contributed by atoms with Gasteiger partial charge in [0.15, 0.2) is 0 Å². The first-order chi connectivity index (χ1) is 11.7. The van der Waals surface area contributed by atoms with Crippen LogP contribution in [0.15, 0.2) is 54.6 Å². The monoisotopic (exact) mass is 324 g/mol. The van der Waals surface area contributed by atoms with Gasteiger partial charge in [0.2, 0.25) is 0 Å². The van der Waals surface area contributed by atoms with E-state index in [9.17, 15) is 10.1 Å². The van der Waals surface area contributed by atoms with Crippen molar-refractivity contribution in [1.29, 1.82) is 0 Å². The van der Waals surface area contributed by atoms with Gasteiger partial charge in [0.1, 0.15) is 5.75 Å². The lowest BCUT2D eigenvalue weighted by Crippen LogP contribution is -2.23. The minimum atomic E-state index is -0.382. The Hall–Kier alpha value is -2.82. The molecule has 0 saturated carbocycles. The van der Waals surface area contributed by atoms with E-state index in [-0.39, 0.29) is 16.7 Å². The summed E-state index contributed by atoms with van der Waals surface area (Å²) in [5.41, 5.74) is 3.44. The number of nitro benzene ring substituents is 1. The Kier molecular flexibility index (Phi) is 4.79. The molecule has 5 heteroatoms. The van der Waals surface area contributed by atoms with E-state index in [4.69, 9.17) is 4.74 Å². The fourth-order valence-electron chi connectivity index (χ4n) is 3.01. The molecular formula is C19H20N2O3. The number of allylic oxidation sites excluding steroid dienone is 1. The van der Waals surface area contributed by atoms with E-state index in [1.54, 1.807) is 19.2 Å². The average Bonchev–Trinajstić information content (AvgIpc) is 2.63. The molecule has 0 fully saturated rings. The molecule has 0 bridgehead atoms. The molecule has 0 aromatic heterocycles. The van der Waals surface area contributed by atoms with E-state index in [0.717, 1.165) is 30.7 Å². The third kappa shape index (κ3) is 3.56. The first kappa shape index (κ1) is 16.1. The third-order valence-corrected chi connectivity index (χ3v) is 4.28. The van der Waals surface area contributed by atoms with Crippen LogP contribution in [-0.2, 0) is 0 Å². The van der Waals surface area contributed by atoms with Crippen LogP contribution in [0, 0.1) is 10.1 Å². The predicted molar refractivity (Wildman–Crippen MR) is 95.3 cm³/mol. The maximum Gasteiger partial charge on any atom is 0.269 e. The summed E-state index contributed by atoms with van der Waals surface area (Å²) in [5.74, 6) is 0.843. The number of hydrogen-bond acceptors (Lipinski definition) is 4. The van der Waals surface area contributed by atoms with Crippen molar-refractivity contribution >= 4 is 16.9 Å². The normalized spacial score (nSPS) is 17.0. The highest BCUT2D eigenvalue weighted by molar-refractivity contribution is 5.73. The van der Waals surface area contributed by atoms with Gasteiger partial charge in [0, 0.05) is 17.8 Å². The maximum absolute atomic E-state index is 10.8. The van der Waals surface area contributed by atoms with Crippen molar-refractivity contribution in [3.05, 3.63) is 70.3 Å². The standard InChI is InChI=1S/C19H20N2O3/c1-24-17-12-6-14(7-13-17)18-4-2-3-5-19(18)20-15-8-10-16(11-9-15)21(22)23/h4,6-13,19-20H,2-3,5H2,1H3.